The van der Waals surface area contributed by atoms with Crippen LogP contribution in [-0.4, -0.2) is 10.1 Å². The molecule has 0 unspecified atom stereocenters. The van der Waals surface area contributed by atoms with Crippen molar-refractivity contribution in [2.75, 3.05) is 5.73 Å². The minimum atomic E-state index is 0.526. The van der Waals surface area contributed by atoms with Crippen LogP contribution >= 0.6 is 0 Å². The van der Waals surface area contributed by atoms with Gasteiger partial charge >= 0.3 is 0 Å². The standard InChI is InChI=1S/C12H15N3O/c13-9-6-10-11(8-4-2-1-3-5-8)15-16-12(10)14-7-9/h6-8H,1-5,13H2. The van der Waals surface area contributed by atoms with E-state index in [0.717, 1.165) is 11.1 Å². The molecule has 0 amide bonds. The average molecular weight is 217 g/mol. The normalized spacial score (nSPS) is 18.0. The van der Waals surface area contributed by atoms with Crippen molar-refractivity contribution in [3.05, 3.63) is 18.0 Å². The predicted molar refractivity (Wildman–Crippen MR) is 62.0 cm³/mol. The van der Waals surface area contributed by atoms with Crippen LogP contribution < -0.4 is 5.73 Å². The highest BCUT2D eigenvalue weighted by atomic mass is 16.5. The molecule has 2 aromatic heterocycles. The number of rotatable bonds is 1. The summed E-state index contributed by atoms with van der Waals surface area (Å²) in [6.45, 7) is 0. The zero-order chi connectivity index (χ0) is 11.0. The Morgan fingerprint density at radius 1 is 1.25 bits per heavy atom. The van der Waals surface area contributed by atoms with Gasteiger partial charge in [0, 0.05) is 5.92 Å². The van der Waals surface area contributed by atoms with Crippen LogP contribution in [0.25, 0.3) is 11.1 Å². The third-order valence-corrected chi connectivity index (χ3v) is 3.37. The number of nitrogens with two attached hydrogens (primary N) is 1. The molecule has 2 aromatic rings. The Labute approximate surface area is 93.8 Å². The van der Waals surface area contributed by atoms with Crippen LogP contribution in [0.3, 0.4) is 0 Å². The van der Waals surface area contributed by atoms with E-state index in [-0.39, 0.29) is 0 Å². The Hall–Kier alpha value is -1.58. The van der Waals surface area contributed by atoms with Crippen molar-refractivity contribution >= 4 is 16.8 Å². The molecule has 1 saturated carbocycles. The van der Waals surface area contributed by atoms with Crippen molar-refractivity contribution in [3.8, 4) is 0 Å². The van der Waals surface area contributed by atoms with Crippen LogP contribution in [0.5, 0.6) is 0 Å². The lowest BCUT2D eigenvalue weighted by Gasteiger charge is -2.19. The van der Waals surface area contributed by atoms with E-state index in [1.807, 2.05) is 6.07 Å². The molecule has 4 heteroatoms. The molecule has 1 aliphatic rings. The van der Waals surface area contributed by atoms with Gasteiger partial charge in [-0.2, -0.15) is 0 Å². The summed E-state index contributed by atoms with van der Waals surface area (Å²) in [7, 11) is 0. The van der Waals surface area contributed by atoms with E-state index < -0.39 is 0 Å². The molecule has 16 heavy (non-hydrogen) atoms. The van der Waals surface area contributed by atoms with Crippen LogP contribution in [0.2, 0.25) is 0 Å². The highest BCUT2D eigenvalue weighted by Crippen LogP contribution is 2.35. The number of aromatic nitrogens is 2. The summed E-state index contributed by atoms with van der Waals surface area (Å²) in [5.41, 5.74) is 8.08. The van der Waals surface area contributed by atoms with Crippen molar-refractivity contribution in [1.29, 1.82) is 0 Å². The maximum atomic E-state index is 5.75. The third kappa shape index (κ3) is 1.54. The third-order valence-electron chi connectivity index (χ3n) is 3.37. The SMILES string of the molecule is Nc1cnc2onc(C3CCCCC3)c2c1. The fourth-order valence-corrected chi connectivity index (χ4v) is 2.54. The molecule has 0 spiro atoms. The number of pyridine rings is 1. The summed E-state index contributed by atoms with van der Waals surface area (Å²) in [6, 6.07) is 1.92. The van der Waals surface area contributed by atoms with Gasteiger partial charge < -0.3 is 10.3 Å². The van der Waals surface area contributed by atoms with E-state index in [0.29, 0.717) is 17.3 Å². The van der Waals surface area contributed by atoms with Gasteiger partial charge in [0.15, 0.2) is 0 Å². The van der Waals surface area contributed by atoms with Crippen molar-refractivity contribution in [2.45, 2.75) is 38.0 Å². The van der Waals surface area contributed by atoms with Crippen LogP contribution in [0.15, 0.2) is 16.8 Å². The van der Waals surface area contributed by atoms with Gasteiger partial charge in [0.1, 0.15) is 0 Å². The number of fused-ring (bicyclic) bond motifs is 1. The van der Waals surface area contributed by atoms with Crippen molar-refractivity contribution in [1.82, 2.24) is 10.1 Å². The Bertz CT molecular complexity index is 500. The number of hydrogen-bond acceptors (Lipinski definition) is 4. The molecule has 84 valence electrons. The minimum Gasteiger partial charge on any atom is -0.397 e. The first-order valence-electron chi connectivity index (χ1n) is 5.85. The molecule has 2 heterocycles. The Kier molecular flexibility index (Phi) is 2.27. The Balaban J connectivity index is 2.05. The van der Waals surface area contributed by atoms with E-state index in [1.54, 1.807) is 6.20 Å². The molecule has 0 atom stereocenters. The molecule has 0 aliphatic heterocycles. The summed E-state index contributed by atoms with van der Waals surface area (Å²) in [5.74, 6) is 0.526. The highest BCUT2D eigenvalue weighted by molar-refractivity contribution is 5.79. The number of hydrogen-bond donors (Lipinski definition) is 1. The predicted octanol–water partition coefficient (Wildman–Crippen LogP) is 2.85. The van der Waals surface area contributed by atoms with E-state index in [2.05, 4.69) is 10.1 Å². The van der Waals surface area contributed by atoms with Crippen LogP contribution in [-0.2, 0) is 0 Å². The zero-order valence-corrected chi connectivity index (χ0v) is 9.15. The Morgan fingerprint density at radius 2 is 2.06 bits per heavy atom. The fraction of sp³-hybridized carbons (Fsp3) is 0.500. The molecule has 1 aliphatic carbocycles. The summed E-state index contributed by atoms with van der Waals surface area (Å²) < 4.78 is 5.24. The molecule has 0 bridgehead atoms. The molecule has 0 saturated heterocycles. The van der Waals surface area contributed by atoms with E-state index in [9.17, 15) is 0 Å². The molecular formula is C12H15N3O. The number of nitrogens with zero attached hydrogens (tertiary/aromatic N) is 2. The lowest BCUT2D eigenvalue weighted by molar-refractivity contribution is 0.393. The zero-order valence-electron chi connectivity index (χ0n) is 9.15. The summed E-state index contributed by atoms with van der Waals surface area (Å²) in [5, 5.41) is 5.16. The fourth-order valence-electron chi connectivity index (χ4n) is 2.54. The second kappa shape index (κ2) is 3.77. The first kappa shape index (κ1) is 9.63. The quantitative estimate of drug-likeness (QED) is 0.797. The first-order chi connectivity index (χ1) is 7.84. The smallest absolute Gasteiger partial charge is 0.258 e. The first-order valence-corrected chi connectivity index (χ1v) is 5.85. The average Bonchev–Trinajstić information content (AvgIpc) is 2.73. The van der Waals surface area contributed by atoms with Crippen LogP contribution in [0.1, 0.15) is 43.7 Å². The maximum absolute atomic E-state index is 5.75. The lowest BCUT2D eigenvalue weighted by atomic mass is 9.86. The topological polar surface area (TPSA) is 64.9 Å². The monoisotopic (exact) mass is 217 g/mol. The van der Waals surface area contributed by atoms with Gasteiger partial charge in [-0.1, -0.05) is 24.4 Å². The van der Waals surface area contributed by atoms with E-state index in [4.69, 9.17) is 10.3 Å². The van der Waals surface area contributed by atoms with Crippen LogP contribution in [0.4, 0.5) is 5.69 Å². The molecule has 4 nitrogen and oxygen atoms in total. The summed E-state index contributed by atoms with van der Waals surface area (Å²) in [6.07, 6.45) is 7.93. The van der Waals surface area contributed by atoms with Gasteiger partial charge in [-0.15, -0.1) is 0 Å². The molecule has 2 N–H and O–H groups in total. The second-order valence-electron chi connectivity index (χ2n) is 4.52. The molecule has 3 rings (SSSR count). The number of anilines is 1. The Morgan fingerprint density at radius 3 is 2.88 bits per heavy atom. The van der Waals surface area contributed by atoms with Crippen molar-refractivity contribution in [3.63, 3.8) is 0 Å². The van der Waals surface area contributed by atoms with Gasteiger partial charge in [0.25, 0.3) is 5.71 Å². The van der Waals surface area contributed by atoms with Gasteiger partial charge in [0.05, 0.1) is 23.0 Å². The number of nitrogen functional groups attached to an aromatic ring is 1. The van der Waals surface area contributed by atoms with Gasteiger partial charge in [0.2, 0.25) is 0 Å². The molecular weight excluding hydrogens is 202 g/mol. The second-order valence-corrected chi connectivity index (χ2v) is 4.52. The molecule has 1 fully saturated rings. The lowest BCUT2D eigenvalue weighted by Crippen LogP contribution is -2.05. The van der Waals surface area contributed by atoms with Crippen LogP contribution in [0, 0.1) is 0 Å². The highest BCUT2D eigenvalue weighted by Gasteiger charge is 2.21. The summed E-state index contributed by atoms with van der Waals surface area (Å²) in [4.78, 5) is 4.14. The maximum Gasteiger partial charge on any atom is 0.258 e. The van der Waals surface area contributed by atoms with Gasteiger partial charge in [-0.3, -0.25) is 0 Å². The molecule has 0 aromatic carbocycles. The van der Waals surface area contributed by atoms with E-state index >= 15 is 0 Å². The van der Waals surface area contributed by atoms with Gasteiger partial charge in [-0.05, 0) is 18.9 Å². The van der Waals surface area contributed by atoms with Crippen molar-refractivity contribution in [2.24, 2.45) is 0 Å². The van der Waals surface area contributed by atoms with Crippen molar-refractivity contribution < 1.29 is 4.52 Å². The largest absolute Gasteiger partial charge is 0.397 e. The molecule has 0 radical (unpaired) electrons. The summed E-state index contributed by atoms with van der Waals surface area (Å²) >= 11 is 0. The minimum absolute atomic E-state index is 0.526. The van der Waals surface area contributed by atoms with E-state index in [1.165, 1.54) is 32.1 Å². The van der Waals surface area contributed by atoms with Gasteiger partial charge in [-0.25, -0.2) is 4.98 Å².